The van der Waals surface area contributed by atoms with Gasteiger partial charge >= 0.3 is 0 Å². The number of thioether (sulfide) groups is 1. The van der Waals surface area contributed by atoms with E-state index < -0.39 is 0 Å². The summed E-state index contributed by atoms with van der Waals surface area (Å²) in [6.45, 7) is 2.37. The number of hydrogen-bond donors (Lipinski definition) is 1. The summed E-state index contributed by atoms with van der Waals surface area (Å²) in [5, 5.41) is 2.99. The molecule has 1 aliphatic heterocycles. The van der Waals surface area contributed by atoms with Crippen LogP contribution >= 0.6 is 11.8 Å². The van der Waals surface area contributed by atoms with Gasteiger partial charge in [-0.3, -0.25) is 9.59 Å². The van der Waals surface area contributed by atoms with E-state index in [1.807, 2.05) is 61.5 Å². The van der Waals surface area contributed by atoms with Crippen LogP contribution in [0, 0.1) is 0 Å². The van der Waals surface area contributed by atoms with Gasteiger partial charge in [-0.2, -0.15) is 0 Å². The summed E-state index contributed by atoms with van der Waals surface area (Å²) in [7, 11) is 0. The number of anilines is 1. The molecule has 0 radical (unpaired) electrons. The second kappa shape index (κ2) is 7.53. The molecule has 0 bridgehead atoms. The summed E-state index contributed by atoms with van der Waals surface area (Å²) in [6.07, 6.45) is 0.294. The first-order valence-corrected chi connectivity index (χ1v) is 9.00. The number of amides is 2. The highest BCUT2D eigenvalue weighted by molar-refractivity contribution is 8.00. The first kappa shape index (κ1) is 16.6. The molecule has 124 valence electrons. The van der Waals surface area contributed by atoms with E-state index in [2.05, 4.69) is 5.32 Å². The highest BCUT2D eigenvalue weighted by Crippen LogP contribution is 2.34. The molecular formula is C19H20N2O2S. The van der Waals surface area contributed by atoms with Crippen LogP contribution < -0.4 is 10.2 Å². The quantitative estimate of drug-likeness (QED) is 0.908. The Balaban J connectivity index is 1.59. The van der Waals surface area contributed by atoms with E-state index in [1.165, 1.54) is 0 Å². The van der Waals surface area contributed by atoms with Crippen LogP contribution in [0.1, 0.15) is 24.9 Å². The number of nitrogens with one attached hydrogen (secondary N) is 1. The van der Waals surface area contributed by atoms with Crippen LogP contribution in [0.25, 0.3) is 0 Å². The van der Waals surface area contributed by atoms with Crippen molar-refractivity contribution in [1.82, 2.24) is 5.32 Å². The Morgan fingerprint density at radius 2 is 1.88 bits per heavy atom. The van der Waals surface area contributed by atoms with Crippen LogP contribution in [0.2, 0.25) is 0 Å². The minimum atomic E-state index is -0.0464. The van der Waals surface area contributed by atoms with Crippen molar-refractivity contribution in [2.24, 2.45) is 0 Å². The molecule has 4 nitrogen and oxygen atoms in total. The lowest BCUT2D eigenvalue weighted by molar-refractivity contribution is -0.121. The van der Waals surface area contributed by atoms with Crippen molar-refractivity contribution in [3.8, 4) is 0 Å². The molecular weight excluding hydrogens is 320 g/mol. The normalized spacial score (nSPS) is 14.9. The predicted molar refractivity (Wildman–Crippen MR) is 97.1 cm³/mol. The topological polar surface area (TPSA) is 49.4 Å². The van der Waals surface area contributed by atoms with Gasteiger partial charge in [0.15, 0.2) is 0 Å². The molecule has 1 aliphatic rings. The van der Waals surface area contributed by atoms with Crippen molar-refractivity contribution in [3.05, 3.63) is 60.2 Å². The largest absolute Gasteiger partial charge is 0.350 e. The molecule has 0 aromatic heterocycles. The second-order valence-electron chi connectivity index (χ2n) is 5.75. The van der Waals surface area contributed by atoms with Crippen LogP contribution in [0.15, 0.2) is 59.5 Å². The summed E-state index contributed by atoms with van der Waals surface area (Å²) in [4.78, 5) is 27.2. The molecule has 1 atom stereocenters. The minimum Gasteiger partial charge on any atom is -0.350 e. The van der Waals surface area contributed by atoms with Crippen molar-refractivity contribution in [3.63, 3.8) is 0 Å². The van der Waals surface area contributed by atoms with E-state index in [9.17, 15) is 9.59 Å². The molecule has 1 N–H and O–H groups in total. The van der Waals surface area contributed by atoms with Crippen LogP contribution in [0.3, 0.4) is 0 Å². The SMILES string of the molecule is C[C@@H](NC(=O)CCN1C(=O)CSc2ccccc21)c1ccccc1. The Bertz CT molecular complexity index is 733. The van der Waals surface area contributed by atoms with Gasteiger partial charge in [-0.25, -0.2) is 0 Å². The van der Waals surface area contributed by atoms with E-state index in [1.54, 1.807) is 16.7 Å². The van der Waals surface area contributed by atoms with Gasteiger partial charge in [0, 0.05) is 17.9 Å². The predicted octanol–water partition coefficient (Wildman–Crippen LogP) is 3.39. The summed E-state index contributed by atoms with van der Waals surface area (Å²) in [5.41, 5.74) is 1.98. The molecule has 5 heteroatoms. The molecule has 0 spiro atoms. The number of nitrogens with zero attached hydrogens (tertiary/aromatic N) is 1. The molecule has 3 rings (SSSR count). The van der Waals surface area contributed by atoms with E-state index in [0.717, 1.165) is 16.1 Å². The molecule has 24 heavy (non-hydrogen) atoms. The fourth-order valence-corrected chi connectivity index (χ4v) is 3.69. The Labute approximate surface area is 146 Å². The third-order valence-electron chi connectivity index (χ3n) is 4.05. The highest BCUT2D eigenvalue weighted by Gasteiger charge is 2.24. The van der Waals surface area contributed by atoms with Crippen LogP contribution in [-0.4, -0.2) is 24.1 Å². The van der Waals surface area contributed by atoms with Crippen molar-refractivity contribution in [2.45, 2.75) is 24.3 Å². The van der Waals surface area contributed by atoms with Crippen molar-refractivity contribution >= 4 is 29.3 Å². The first-order valence-electron chi connectivity index (χ1n) is 8.01. The standard InChI is InChI=1S/C19H20N2O2S/c1-14(15-7-3-2-4-8-15)20-18(22)11-12-21-16-9-5-6-10-17(16)24-13-19(21)23/h2-10,14H,11-13H2,1H3,(H,20,22)/t14-/m1/s1. The molecule has 2 aromatic rings. The van der Waals surface area contributed by atoms with Crippen molar-refractivity contribution in [2.75, 3.05) is 17.2 Å². The molecule has 0 saturated carbocycles. The maximum absolute atomic E-state index is 12.2. The Kier molecular flexibility index (Phi) is 5.20. The number of carbonyl (C=O) groups is 2. The van der Waals surface area contributed by atoms with Crippen LogP contribution in [0.5, 0.6) is 0 Å². The first-order chi connectivity index (χ1) is 11.6. The number of rotatable bonds is 5. The maximum atomic E-state index is 12.2. The van der Waals surface area contributed by atoms with Crippen molar-refractivity contribution < 1.29 is 9.59 Å². The van der Waals surface area contributed by atoms with Gasteiger partial charge in [-0.05, 0) is 24.6 Å². The number of para-hydroxylation sites is 1. The van der Waals surface area contributed by atoms with Gasteiger partial charge in [0.2, 0.25) is 11.8 Å². The van der Waals surface area contributed by atoms with Crippen LogP contribution in [-0.2, 0) is 9.59 Å². The molecule has 0 aliphatic carbocycles. The van der Waals surface area contributed by atoms with Gasteiger partial charge < -0.3 is 10.2 Å². The molecule has 2 amide bonds. The molecule has 0 unspecified atom stereocenters. The zero-order valence-corrected chi connectivity index (χ0v) is 14.4. The Hall–Kier alpha value is -2.27. The van der Waals surface area contributed by atoms with E-state index in [4.69, 9.17) is 0 Å². The summed E-state index contributed by atoms with van der Waals surface area (Å²) < 4.78 is 0. The number of benzene rings is 2. The molecule has 0 fully saturated rings. The number of hydrogen-bond acceptors (Lipinski definition) is 3. The average molecular weight is 340 g/mol. The third kappa shape index (κ3) is 3.79. The van der Waals surface area contributed by atoms with Gasteiger partial charge in [-0.15, -0.1) is 11.8 Å². The lowest BCUT2D eigenvalue weighted by atomic mass is 10.1. The molecule has 1 heterocycles. The smallest absolute Gasteiger partial charge is 0.237 e. The average Bonchev–Trinajstić information content (AvgIpc) is 2.61. The lowest BCUT2D eigenvalue weighted by Crippen LogP contribution is -2.38. The summed E-state index contributed by atoms with van der Waals surface area (Å²) in [5.74, 6) is 0.441. The Morgan fingerprint density at radius 1 is 1.17 bits per heavy atom. The molecule has 0 saturated heterocycles. The van der Waals surface area contributed by atoms with Gasteiger partial charge in [0.05, 0.1) is 17.5 Å². The summed E-state index contributed by atoms with van der Waals surface area (Å²) in [6, 6.07) is 17.6. The summed E-state index contributed by atoms with van der Waals surface area (Å²) >= 11 is 1.55. The lowest BCUT2D eigenvalue weighted by Gasteiger charge is -2.28. The second-order valence-corrected chi connectivity index (χ2v) is 6.77. The van der Waals surface area contributed by atoms with E-state index >= 15 is 0 Å². The zero-order chi connectivity index (χ0) is 16.9. The van der Waals surface area contributed by atoms with Crippen LogP contribution in [0.4, 0.5) is 5.69 Å². The molecule has 2 aromatic carbocycles. The van der Waals surface area contributed by atoms with Gasteiger partial charge in [0.25, 0.3) is 0 Å². The fourth-order valence-electron chi connectivity index (χ4n) is 2.75. The third-order valence-corrected chi connectivity index (χ3v) is 5.10. The van der Waals surface area contributed by atoms with Gasteiger partial charge in [0.1, 0.15) is 0 Å². The fraction of sp³-hybridized carbons (Fsp3) is 0.263. The van der Waals surface area contributed by atoms with Gasteiger partial charge in [-0.1, -0.05) is 42.5 Å². The zero-order valence-electron chi connectivity index (χ0n) is 13.6. The monoisotopic (exact) mass is 340 g/mol. The number of fused-ring (bicyclic) bond motifs is 1. The highest BCUT2D eigenvalue weighted by atomic mass is 32.2. The van der Waals surface area contributed by atoms with E-state index in [-0.39, 0.29) is 17.9 Å². The Morgan fingerprint density at radius 3 is 2.67 bits per heavy atom. The number of carbonyl (C=O) groups excluding carboxylic acids is 2. The minimum absolute atomic E-state index is 0.0430. The van der Waals surface area contributed by atoms with Crippen molar-refractivity contribution in [1.29, 1.82) is 0 Å². The maximum Gasteiger partial charge on any atom is 0.237 e. The van der Waals surface area contributed by atoms with E-state index in [0.29, 0.717) is 18.7 Å².